The van der Waals surface area contributed by atoms with Gasteiger partial charge < -0.3 is 15.5 Å². The van der Waals surface area contributed by atoms with Crippen molar-refractivity contribution in [1.82, 2.24) is 5.32 Å². The number of aliphatic hydroxyl groups excluding tert-OH is 2. The highest BCUT2D eigenvalue weighted by Crippen LogP contribution is 2.68. The molecule has 1 aromatic carbocycles. The summed E-state index contributed by atoms with van der Waals surface area (Å²) in [6, 6.07) is 4.86. The van der Waals surface area contributed by atoms with Crippen LogP contribution in [-0.2, 0) is 4.79 Å². The minimum absolute atomic E-state index is 0.0636. The van der Waals surface area contributed by atoms with Gasteiger partial charge in [0.1, 0.15) is 6.10 Å². The second kappa shape index (κ2) is 6.48. The fraction of sp³-hybridized carbons (Fsp3) is 0.526. The second-order valence-electron chi connectivity index (χ2n) is 7.80. The first-order valence-electron chi connectivity index (χ1n) is 8.72. The van der Waals surface area contributed by atoms with E-state index in [1.54, 1.807) is 6.92 Å². The van der Waals surface area contributed by atoms with Gasteiger partial charge in [-0.15, -0.1) is 0 Å². The molecule has 1 aromatic rings. The van der Waals surface area contributed by atoms with Gasteiger partial charge >= 0.3 is 0 Å². The molecular weight excluding hydrogens is 336 g/mol. The van der Waals surface area contributed by atoms with E-state index in [0.717, 1.165) is 5.57 Å². The van der Waals surface area contributed by atoms with Gasteiger partial charge in [-0.1, -0.05) is 13.8 Å². The minimum Gasteiger partial charge on any atom is -0.394 e. The quantitative estimate of drug-likeness (QED) is 0.407. The van der Waals surface area contributed by atoms with Crippen LogP contribution in [0.3, 0.4) is 0 Å². The van der Waals surface area contributed by atoms with Crippen LogP contribution < -0.4 is 5.32 Å². The first-order valence-corrected chi connectivity index (χ1v) is 8.72. The van der Waals surface area contributed by atoms with Crippen molar-refractivity contribution in [3.8, 4) is 0 Å². The molecule has 4 atom stereocenters. The second-order valence-corrected chi connectivity index (χ2v) is 7.80. The first kappa shape index (κ1) is 18.5. The van der Waals surface area contributed by atoms with Crippen molar-refractivity contribution >= 4 is 11.5 Å². The summed E-state index contributed by atoms with van der Waals surface area (Å²) in [7, 11) is 0. The molecule has 0 bridgehead atoms. The molecule has 2 saturated carbocycles. The van der Waals surface area contributed by atoms with Crippen molar-refractivity contribution in [2.75, 3.05) is 6.61 Å². The largest absolute Gasteiger partial charge is 0.394 e. The summed E-state index contributed by atoms with van der Waals surface area (Å²) in [5.41, 5.74) is 1.98. The fourth-order valence-corrected chi connectivity index (χ4v) is 4.23. The standard InChI is InChI=1S/C19H24N2O5/c1-10(16-15(23)8-13-17(16)19(13,2)3)20-14(9-22)18(24)11-4-6-12(7-5-11)21(25)26/h4-7,13-14,17-18,20,22,24H,8-9H2,1-3H3. The van der Waals surface area contributed by atoms with Crippen LogP contribution in [0, 0.1) is 27.4 Å². The van der Waals surface area contributed by atoms with Crippen LogP contribution in [0.2, 0.25) is 0 Å². The Balaban J connectivity index is 1.77. The van der Waals surface area contributed by atoms with Crippen molar-refractivity contribution in [3.05, 3.63) is 51.2 Å². The zero-order chi connectivity index (χ0) is 19.2. The molecule has 3 rings (SSSR count). The Morgan fingerprint density at radius 3 is 2.50 bits per heavy atom. The number of hydrogen-bond acceptors (Lipinski definition) is 6. The lowest BCUT2D eigenvalue weighted by Gasteiger charge is -2.25. The van der Waals surface area contributed by atoms with E-state index in [1.165, 1.54) is 24.3 Å². The number of carbonyl (C=O) groups is 1. The van der Waals surface area contributed by atoms with Crippen LogP contribution >= 0.6 is 0 Å². The maximum absolute atomic E-state index is 12.3. The molecule has 0 amide bonds. The van der Waals surface area contributed by atoms with E-state index in [0.29, 0.717) is 23.6 Å². The van der Waals surface area contributed by atoms with E-state index < -0.39 is 17.1 Å². The van der Waals surface area contributed by atoms with Crippen molar-refractivity contribution in [2.45, 2.75) is 39.3 Å². The number of nitrogens with zero attached hydrogens (tertiary/aromatic N) is 1. The Labute approximate surface area is 151 Å². The van der Waals surface area contributed by atoms with E-state index >= 15 is 0 Å². The minimum atomic E-state index is -1.06. The Bertz CT molecular complexity index is 769. The number of fused-ring (bicyclic) bond motifs is 1. The Morgan fingerprint density at radius 1 is 1.38 bits per heavy atom. The average Bonchev–Trinajstić information content (AvgIpc) is 2.94. The topological polar surface area (TPSA) is 113 Å². The lowest BCUT2D eigenvalue weighted by Crippen LogP contribution is -2.38. The van der Waals surface area contributed by atoms with Gasteiger partial charge in [0.2, 0.25) is 0 Å². The van der Waals surface area contributed by atoms with E-state index in [2.05, 4.69) is 19.2 Å². The number of rotatable bonds is 6. The molecule has 7 heteroatoms. The molecule has 4 unspecified atom stereocenters. The number of hydrogen-bond donors (Lipinski definition) is 3. The fourth-order valence-electron chi connectivity index (χ4n) is 4.23. The molecule has 2 aliphatic rings. The van der Waals surface area contributed by atoms with Gasteiger partial charge in [-0.25, -0.2) is 0 Å². The number of non-ortho nitro benzene ring substituents is 1. The molecular formula is C19H24N2O5. The van der Waals surface area contributed by atoms with E-state index in [-0.39, 0.29) is 29.4 Å². The third kappa shape index (κ3) is 3.01. The molecule has 0 radical (unpaired) electrons. The van der Waals surface area contributed by atoms with Gasteiger partial charge in [-0.05, 0) is 41.9 Å². The monoisotopic (exact) mass is 360 g/mol. The van der Waals surface area contributed by atoms with Crippen LogP contribution in [0.15, 0.2) is 35.5 Å². The lowest BCUT2D eigenvalue weighted by atomic mass is 9.94. The van der Waals surface area contributed by atoms with Gasteiger partial charge in [0.05, 0.1) is 17.6 Å². The highest BCUT2D eigenvalue weighted by molar-refractivity contribution is 6.01. The highest BCUT2D eigenvalue weighted by atomic mass is 16.6. The summed E-state index contributed by atoms with van der Waals surface area (Å²) in [6.45, 7) is 5.76. The van der Waals surface area contributed by atoms with Gasteiger partial charge in [-0.3, -0.25) is 14.9 Å². The number of carbonyl (C=O) groups excluding carboxylic acids is 1. The van der Waals surface area contributed by atoms with Crippen molar-refractivity contribution < 1.29 is 19.9 Å². The maximum Gasteiger partial charge on any atom is 0.269 e. The van der Waals surface area contributed by atoms with E-state index in [1.807, 2.05) is 0 Å². The zero-order valence-corrected chi connectivity index (χ0v) is 15.1. The molecule has 2 aliphatic carbocycles. The van der Waals surface area contributed by atoms with Gasteiger partial charge in [0.15, 0.2) is 5.78 Å². The number of aliphatic hydroxyl groups is 2. The highest BCUT2D eigenvalue weighted by Gasteiger charge is 2.65. The summed E-state index contributed by atoms with van der Waals surface area (Å²) in [5.74, 6) is 0.748. The Hall–Kier alpha value is -2.25. The summed E-state index contributed by atoms with van der Waals surface area (Å²) < 4.78 is 0. The van der Waals surface area contributed by atoms with E-state index in [9.17, 15) is 25.1 Å². The number of ketones is 1. The molecule has 0 spiro atoms. The molecule has 7 nitrogen and oxygen atoms in total. The number of nitro groups is 1. The van der Waals surface area contributed by atoms with Crippen LogP contribution in [0.5, 0.6) is 0 Å². The number of allylic oxidation sites excluding steroid dienone is 2. The van der Waals surface area contributed by atoms with E-state index in [4.69, 9.17) is 0 Å². The SMILES string of the molecule is CC(NC(CO)C(O)c1ccc([N+](=O)[O-])cc1)=C1C(=O)CC2C1C2(C)C. The molecule has 0 saturated heterocycles. The zero-order valence-electron chi connectivity index (χ0n) is 15.1. The normalized spacial score (nSPS) is 27.5. The van der Waals surface area contributed by atoms with Crippen LogP contribution in [0.4, 0.5) is 5.69 Å². The summed E-state index contributed by atoms with van der Waals surface area (Å²) in [5, 5.41) is 34.1. The predicted octanol–water partition coefficient (Wildman–Crippen LogP) is 2.10. The smallest absolute Gasteiger partial charge is 0.269 e. The summed E-state index contributed by atoms with van der Waals surface area (Å²) >= 11 is 0. The number of Topliss-reactive ketones (excluding diaryl/α,β-unsaturated/α-hetero) is 1. The van der Waals surface area contributed by atoms with Crippen LogP contribution in [-0.4, -0.2) is 33.6 Å². The predicted molar refractivity (Wildman–Crippen MR) is 95.2 cm³/mol. The summed E-state index contributed by atoms with van der Waals surface area (Å²) in [6.07, 6.45) is -0.503. The number of benzene rings is 1. The van der Waals surface area contributed by atoms with Crippen LogP contribution in [0.1, 0.15) is 38.9 Å². The molecule has 0 aromatic heterocycles. The summed E-state index contributed by atoms with van der Waals surface area (Å²) in [4.78, 5) is 22.5. The molecule has 140 valence electrons. The van der Waals surface area contributed by atoms with Crippen molar-refractivity contribution in [3.63, 3.8) is 0 Å². The van der Waals surface area contributed by atoms with Gasteiger partial charge in [0, 0.05) is 29.8 Å². The Morgan fingerprint density at radius 2 is 2.00 bits per heavy atom. The lowest BCUT2D eigenvalue weighted by molar-refractivity contribution is -0.384. The molecule has 2 fully saturated rings. The third-order valence-electron chi connectivity index (χ3n) is 5.90. The Kier molecular flexibility index (Phi) is 4.62. The molecule has 0 aliphatic heterocycles. The van der Waals surface area contributed by atoms with Gasteiger partial charge in [0.25, 0.3) is 5.69 Å². The third-order valence-corrected chi connectivity index (χ3v) is 5.90. The molecule has 0 heterocycles. The van der Waals surface area contributed by atoms with Crippen molar-refractivity contribution in [2.24, 2.45) is 17.3 Å². The first-order chi connectivity index (χ1) is 12.2. The maximum atomic E-state index is 12.3. The number of nitrogens with one attached hydrogen (secondary N) is 1. The van der Waals surface area contributed by atoms with Crippen LogP contribution in [0.25, 0.3) is 0 Å². The molecule has 3 N–H and O–H groups in total. The van der Waals surface area contributed by atoms with Crippen molar-refractivity contribution in [1.29, 1.82) is 0 Å². The number of nitro benzene ring substituents is 1. The average molecular weight is 360 g/mol. The molecule has 26 heavy (non-hydrogen) atoms. The van der Waals surface area contributed by atoms with Gasteiger partial charge in [-0.2, -0.15) is 0 Å².